The molecule has 0 spiro atoms. The number of fused-ring (bicyclic) bond motifs is 1. The molecule has 0 saturated carbocycles. The molecule has 0 radical (unpaired) electrons. The van der Waals surface area contributed by atoms with Crippen LogP contribution in [0.5, 0.6) is 23.0 Å². The van der Waals surface area contributed by atoms with Crippen LogP contribution in [0, 0.1) is 0 Å². The van der Waals surface area contributed by atoms with Gasteiger partial charge in [-0.15, -0.1) is 0 Å². The number of aliphatic hydroxyl groups is 1. The summed E-state index contributed by atoms with van der Waals surface area (Å²) in [6, 6.07) is 16.3. The molecule has 1 saturated heterocycles. The van der Waals surface area contributed by atoms with Gasteiger partial charge in [0.15, 0.2) is 16.6 Å². The molecule has 2 heterocycles. The number of carbonyl (C=O) groups excluding carboxylic acids is 2. The van der Waals surface area contributed by atoms with Gasteiger partial charge in [0.05, 0.1) is 49.8 Å². The first kappa shape index (κ1) is 27.0. The second-order valence-corrected chi connectivity index (χ2v) is 10.00. The molecule has 9 nitrogen and oxygen atoms in total. The lowest BCUT2D eigenvalue weighted by Crippen LogP contribution is -2.29. The largest absolute Gasteiger partial charge is 0.507 e. The van der Waals surface area contributed by atoms with Crippen molar-refractivity contribution in [3.05, 3.63) is 77.4 Å². The van der Waals surface area contributed by atoms with Gasteiger partial charge in [-0.3, -0.25) is 14.5 Å². The van der Waals surface area contributed by atoms with E-state index in [-0.39, 0.29) is 11.3 Å². The average Bonchev–Trinajstić information content (AvgIpc) is 3.52. The summed E-state index contributed by atoms with van der Waals surface area (Å²) >= 11 is 1.25. The smallest absolute Gasteiger partial charge is 0.301 e. The van der Waals surface area contributed by atoms with Crippen LogP contribution in [0.15, 0.2) is 66.2 Å². The lowest BCUT2D eigenvalue weighted by atomic mass is 9.95. The highest BCUT2D eigenvalue weighted by atomic mass is 32.1. The molecule has 3 aromatic carbocycles. The number of thiazole rings is 1. The zero-order chi connectivity index (χ0) is 28.4. The number of hydrogen-bond donors (Lipinski definition) is 1. The molecule has 5 rings (SSSR count). The monoisotopic (exact) mass is 560 g/mol. The number of rotatable bonds is 9. The van der Waals surface area contributed by atoms with Crippen LogP contribution in [-0.2, 0) is 9.59 Å². The van der Waals surface area contributed by atoms with E-state index in [1.54, 1.807) is 61.7 Å². The molecule has 1 amide bonds. The Hall–Kier alpha value is -4.57. The number of carbonyl (C=O) groups is 2. The summed E-state index contributed by atoms with van der Waals surface area (Å²) in [5.74, 6) is 0.144. The zero-order valence-electron chi connectivity index (χ0n) is 22.5. The predicted molar refractivity (Wildman–Crippen MR) is 153 cm³/mol. The SMILES string of the molecule is CCCOc1cccc(/C(O)=C2\C(=O)C(=O)N(c3nc4ccc(OC)cc4s3)C2c2ccc(OC)c(OC)c2)c1. The minimum absolute atomic E-state index is 0.0679. The van der Waals surface area contributed by atoms with Gasteiger partial charge in [-0.05, 0) is 54.4 Å². The first-order valence-electron chi connectivity index (χ1n) is 12.6. The number of hydrogen-bond acceptors (Lipinski definition) is 9. The Labute approximate surface area is 235 Å². The van der Waals surface area contributed by atoms with Crippen molar-refractivity contribution in [2.75, 3.05) is 32.8 Å². The molecule has 206 valence electrons. The lowest BCUT2D eigenvalue weighted by molar-refractivity contribution is -0.132. The molecule has 1 aliphatic rings. The van der Waals surface area contributed by atoms with Crippen LogP contribution in [0.2, 0.25) is 0 Å². The molecule has 40 heavy (non-hydrogen) atoms. The molecule has 1 aliphatic heterocycles. The van der Waals surface area contributed by atoms with Crippen LogP contribution < -0.4 is 23.8 Å². The number of Topliss-reactive ketones (excluding diaryl/α,β-unsaturated/α-hetero) is 1. The van der Waals surface area contributed by atoms with Crippen molar-refractivity contribution >= 4 is 44.1 Å². The molecule has 1 fully saturated rings. The quantitative estimate of drug-likeness (QED) is 0.157. The molecule has 4 aromatic rings. The van der Waals surface area contributed by atoms with Gasteiger partial charge in [-0.1, -0.05) is 36.5 Å². The van der Waals surface area contributed by atoms with Crippen molar-refractivity contribution in [3.63, 3.8) is 0 Å². The molecule has 1 aromatic heterocycles. The number of anilines is 1. The van der Waals surface area contributed by atoms with Gasteiger partial charge in [0.2, 0.25) is 0 Å². The van der Waals surface area contributed by atoms with E-state index in [1.165, 1.54) is 30.5 Å². The lowest BCUT2D eigenvalue weighted by Gasteiger charge is -2.23. The van der Waals surface area contributed by atoms with E-state index >= 15 is 0 Å². The summed E-state index contributed by atoms with van der Waals surface area (Å²) in [5.41, 5.74) is 1.47. The molecule has 0 aliphatic carbocycles. The van der Waals surface area contributed by atoms with Crippen LogP contribution in [0.25, 0.3) is 16.0 Å². The fraction of sp³-hybridized carbons (Fsp3) is 0.233. The summed E-state index contributed by atoms with van der Waals surface area (Å²) < 4.78 is 22.7. The van der Waals surface area contributed by atoms with E-state index in [4.69, 9.17) is 18.9 Å². The van der Waals surface area contributed by atoms with Crippen molar-refractivity contribution in [1.82, 2.24) is 4.98 Å². The molecular weight excluding hydrogens is 532 g/mol. The third-order valence-corrected chi connectivity index (χ3v) is 7.56. The standard InChI is InChI=1S/C30H28N2O7S/c1-5-13-39-20-8-6-7-18(14-20)27(33)25-26(17-9-12-22(37-3)23(15-17)38-4)32(29(35)28(25)34)30-31-21-11-10-19(36-2)16-24(21)40-30/h6-12,14-16,26,33H,5,13H2,1-4H3/b27-25+. The van der Waals surface area contributed by atoms with Gasteiger partial charge < -0.3 is 24.1 Å². The number of amides is 1. The average molecular weight is 561 g/mol. The number of methoxy groups -OCH3 is 3. The summed E-state index contributed by atoms with van der Waals surface area (Å²) in [6.07, 6.45) is 0.814. The molecule has 1 unspecified atom stereocenters. The van der Waals surface area contributed by atoms with Crippen molar-refractivity contribution in [1.29, 1.82) is 0 Å². The number of aliphatic hydroxyl groups excluding tert-OH is 1. The first-order chi connectivity index (χ1) is 19.4. The maximum Gasteiger partial charge on any atom is 0.301 e. The Morgan fingerprint density at radius 2 is 1.75 bits per heavy atom. The Kier molecular flexibility index (Phi) is 7.61. The number of ketones is 1. The van der Waals surface area contributed by atoms with Crippen molar-refractivity contribution in [2.24, 2.45) is 0 Å². The van der Waals surface area contributed by atoms with E-state index in [0.29, 0.717) is 51.4 Å². The van der Waals surface area contributed by atoms with Gasteiger partial charge in [-0.2, -0.15) is 0 Å². The van der Waals surface area contributed by atoms with Crippen molar-refractivity contribution in [3.8, 4) is 23.0 Å². The van der Waals surface area contributed by atoms with Gasteiger partial charge in [-0.25, -0.2) is 4.98 Å². The van der Waals surface area contributed by atoms with Crippen molar-refractivity contribution < 1.29 is 33.6 Å². The fourth-order valence-corrected chi connectivity index (χ4v) is 5.62. The fourth-order valence-electron chi connectivity index (χ4n) is 4.60. The van der Waals surface area contributed by atoms with Crippen LogP contribution in [-0.4, -0.2) is 49.7 Å². The summed E-state index contributed by atoms with van der Waals surface area (Å²) in [7, 11) is 4.59. The minimum atomic E-state index is -0.984. The summed E-state index contributed by atoms with van der Waals surface area (Å²) in [5, 5.41) is 11.8. The second kappa shape index (κ2) is 11.3. The molecule has 10 heteroatoms. The van der Waals surface area contributed by atoms with E-state index < -0.39 is 17.7 Å². The van der Waals surface area contributed by atoms with Gasteiger partial charge in [0.25, 0.3) is 5.78 Å². The van der Waals surface area contributed by atoms with E-state index in [1.807, 2.05) is 13.0 Å². The Bertz CT molecular complexity index is 1630. The third kappa shape index (κ3) is 4.82. The summed E-state index contributed by atoms with van der Waals surface area (Å²) in [4.78, 5) is 33.2. The highest BCUT2D eigenvalue weighted by Crippen LogP contribution is 2.46. The number of aromatic nitrogens is 1. The van der Waals surface area contributed by atoms with Gasteiger partial charge in [0, 0.05) is 5.56 Å². The molecular formula is C30H28N2O7S. The minimum Gasteiger partial charge on any atom is -0.507 e. The number of nitrogens with zero attached hydrogens (tertiary/aromatic N) is 2. The maximum absolute atomic E-state index is 13.6. The van der Waals surface area contributed by atoms with Crippen LogP contribution in [0.4, 0.5) is 5.13 Å². The van der Waals surface area contributed by atoms with Crippen LogP contribution in [0.1, 0.15) is 30.5 Å². The zero-order valence-corrected chi connectivity index (χ0v) is 23.3. The van der Waals surface area contributed by atoms with E-state index in [2.05, 4.69) is 4.98 Å². The summed E-state index contributed by atoms with van der Waals surface area (Å²) in [6.45, 7) is 2.50. The highest BCUT2D eigenvalue weighted by Gasteiger charge is 2.48. The van der Waals surface area contributed by atoms with Gasteiger partial charge >= 0.3 is 5.91 Å². The normalized spacial score (nSPS) is 16.4. The third-order valence-electron chi connectivity index (χ3n) is 6.54. The number of ether oxygens (including phenoxy) is 4. The Morgan fingerprint density at radius 3 is 2.48 bits per heavy atom. The Morgan fingerprint density at radius 1 is 0.950 bits per heavy atom. The molecule has 0 bridgehead atoms. The van der Waals surface area contributed by atoms with Crippen LogP contribution in [0.3, 0.4) is 0 Å². The second-order valence-electron chi connectivity index (χ2n) is 8.99. The Balaban J connectivity index is 1.70. The molecule has 1 N–H and O–H groups in total. The maximum atomic E-state index is 13.6. The highest BCUT2D eigenvalue weighted by molar-refractivity contribution is 7.22. The number of benzene rings is 3. The van der Waals surface area contributed by atoms with E-state index in [0.717, 1.165) is 11.1 Å². The van der Waals surface area contributed by atoms with Crippen molar-refractivity contribution in [2.45, 2.75) is 19.4 Å². The molecule has 1 atom stereocenters. The van der Waals surface area contributed by atoms with Crippen LogP contribution >= 0.6 is 11.3 Å². The first-order valence-corrected chi connectivity index (χ1v) is 13.4. The topological polar surface area (TPSA) is 107 Å². The predicted octanol–water partition coefficient (Wildman–Crippen LogP) is 5.74. The van der Waals surface area contributed by atoms with E-state index in [9.17, 15) is 14.7 Å². The van der Waals surface area contributed by atoms with Gasteiger partial charge in [0.1, 0.15) is 17.3 Å².